The summed E-state index contributed by atoms with van der Waals surface area (Å²) < 4.78 is 10.6. The quantitative estimate of drug-likeness (QED) is 0.746. The van der Waals surface area contributed by atoms with E-state index in [0.29, 0.717) is 63.7 Å². The zero-order chi connectivity index (χ0) is 22.8. The molecule has 1 aromatic heterocycles. The van der Waals surface area contributed by atoms with Gasteiger partial charge >= 0.3 is 0 Å². The summed E-state index contributed by atoms with van der Waals surface area (Å²) in [5, 5.41) is 2.81. The van der Waals surface area contributed by atoms with Crippen molar-refractivity contribution < 1.29 is 23.5 Å². The maximum absolute atomic E-state index is 13.4. The molecule has 1 aliphatic carbocycles. The van der Waals surface area contributed by atoms with Crippen LogP contribution in [0.2, 0.25) is 0 Å². The minimum absolute atomic E-state index is 0.0844. The Kier molecular flexibility index (Phi) is 6.04. The van der Waals surface area contributed by atoms with E-state index in [1.807, 2.05) is 11.0 Å². The molecule has 3 aliphatic rings. The number of morpholine rings is 1. The molecule has 5 rings (SSSR count). The number of piperazine rings is 1. The summed E-state index contributed by atoms with van der Waals surface area (Å²) in [6.07, 6.45) is 3.45. The monoisotopic (exact) mass is 452 g/mol. The van der Waals surface area contributed by atoms with E-state index >= 15 is 0 Å². The topological polar surface area (TPSA) is 95.3 Å². The fraction of sp³-hybridized carbons (Fsp3) is 0.458. The zero-order valence-electron chi connectivity index (χ0n) is 18.5. The highest BCUT2D eigenvalue weighted by Crippen LogP contribution is 2.32. The van der Waals surface area contributed by atoms with E-state index in [1.54, 1.807) is 29.2 Å². The summed E-state index contributed by atoms with van der Waals surface area (Å²) >= 11 is 0. The molecule has 9 heteroatoms. The van der Waals surface area contributed by atoms with Crippen LogP contribution >= 0.6 is 0 Å². The van der Waals surface area contributed by atoms with Gasteiger partial charge in [-0.15, -0.1) is 0 Å². The molecular weight excluding hydrogens is 424 g/mol. The second-order valence-electron chi connectivity index (χ2n) is 8.65. The molecule has 2 aromatic rings. The third-order valence-electron chi connectivity index (χ3n) is 6.39. The average molecular weight is 453 g/mol. The third-order valence-corrected chi connectivity index (χ3v) is 6.39. The summed E-state index contributed by atoms with van der Waals surface area (Å²) in [5.74, 6) is 0.225. The molecule has 0 radical (unpaired) electrons. The number of furan rings is 1. The molecule has 2 aliphatic heterocycles. The van der Waals surface area contributed by atoms with Crippen LogP contribution in [-0.2, 0) is 9.53 Å². The van der Waals surface area contributed by atoms with E-state index < -0.39 is 0 Å². The lowest BCUT2D eigenvalue weighted by Crippen LogP contribution is -2.50. The molecule has 0 unspecified atom stereocenters. The van der Waals surface area contributed by atoms with Crippen LogP contribution in [0.3, 0.4) is 0 Å². The average Bonchev–Trinajstić information content (AvgIpc) is 3.56. The molecule has 9 nitrogen and oxygen atoms in total. The summed E-state index contributed by atoms with van der Waals surface area (Å²) in [4.78, 5) is 44.2. The first-order chi connectivity index (χ1) is 16.1. The molecule has 0 bridgehead atoms. The molecular formula is C24H28N4O5. The van der Waals surface area contributed by atoms with Gasteiger partial charge in [0.05, 0.1) is 25.0 Å². The van der Waals surface area contributed by atoms with Gasteiger partial charge < -0.3 is 29.2 Å². The van der Waals surface area contributed by atoms with Gasteiger partial charge in [-0.05, 0) is 43.2 Å². The van der Waals surface area contributed by atoms with Crippen LogP contribution in [-0.4, -0.2) is 80.0 Å². The Morgan fingerprint density at radius 1 is 0.909 bits per heavy atom. The van der Waals surface area contributed by atoms with Gasteiger partial charge in [-0.25, -0.2) is 0 Å². The summed E-state index contributed by atoms with van der Waals surface area (Å²) in [5.41, 5.74) is 1.89. The maximum atomic E-state index is 13.4. The second kappa shape index (κ2) is 9.27. The lowest BCUT2D eigenvalue weighted by atomic mass is 10.1. The molecule has 3 fully saturated rings. The number of carbonyl (C=O) groups excluding carboxylic acids is 3. The van der Waals surface area contributed by atoms with Crippen molar-refractivity contribution in [1.29, 1.82) is 0 Å². The van der Waals surface area contributed by atoms with Crippen molar-refractivity contribution in [3.05, 3.63) is 47.9 Å². The number of benzene rings is 1. The molecule has 1 aromatic carbocycles. The molecule has 2 saturated heterocycles. The fourth-order valence-electron chi connectivity index (χ4n) is 4.35. The minimum Gasteiger partial charge on any atom is -0.459 e. The van der Waals surface area contributed by atoms with Crippen LogP contribution < -0.4 is 10.2 Å². The van der Waals surface area contributed by atoms with Crippen LogP contribution in [0.25, 0.3) is 0 Å². The number of hydrogen-bond acceptors (Lipinski definition) is 6. The number of ether oxygens (including phenoxy) is 1. The zero-order valence-corrected chi connectivity index (χ0v) is 18.5. The van der Waals surface area contributed by atoms with E-state index in [9.17, 15) is 14.4 Å². The Hall–Kier alpha value is -3.33. The smallest absolute Gasteiger partial charge is 0.291 e. The van der Waals surface area contributed by atoms with Gasteiger partial charge in [0.25, 0.3) is 11.8 Å². The van der Waals surface area contributed by atoms with Crippen LogP contribution in [0.15, 0.2) is 41.0 Å². The van der Waals surface area contributed by atoms with E-state index in [0.717, 1.165) is 18.5 Å². The second-order valence-corrected chi connectivity index (χ2v) is 8.65. The van der Waals surface area contributed by atoms with E-state index in [-0.39, 0.29) is 29.4 Å². The Morgan fingerprint density at radius 2 is 1.67 bits per heavy atom. The van der Waals surface area contributed by atoms with Crippen LogP contribution in [0.4, 0.5) is 11.4 Å². The van der Waals surface area contributed by atoms with Crippen LogP contribution in [0, 0.1) is 5.92 Å². The first kappa shape index (κ1) is 21.5. The lowest BCUT2D eigenvalue weighted by Gasteiger charge is -2.37. The van der Waals surface area contributed by atoms with Crippen molar-refractivity contribution in [3.63, 3.8) is 0 Å². The Bertz CT molecular complexity index is 1020. The SMILES string of the molecule is O=C(Nc1ccc(N2CCN(C(=O)C3CC3)CC2)c(C(=O)N2CCOCC2)c1)c1ccco1. The lowest BCUT2D eigenvalue weighted by molar-refractivity contribution is -0.132. The minimum atomic E-state index is -0.371. The predicted molar refractivity (Wildman–Crippen MR) is 121 cm³/mol. The molecule has 1 saturated carbocycles. The van der Waals surface area contributed by atoms with Gasteiger partial charge in [0.1, 0.15) is 0 Å². The standard InChI is InChI=1S/C24H28N4O5/c29-22(21-2-1-13-33-21)25-18-5-6-20(19(16-18)24(31)28-11-14-32-15-12-28)26-7-9-27(10-8-26)23(30)17-3-4-17/h1-2,5-6,13,16-17H,3-4,7-12,14-15H2,(H,25,29). The van der Waals surface area contributed by atoms with Gasteiger partial charge in [-0.3, -0.25) is 14.4 Å². The first-order valence-electron chi connectivity index (χ1n) is 11.5. The Morgan fingerprint density at radius 3 is 2.33 bits per heavy atom. The number of hydrogen-bond donors (Lipinski definition) is 1. The molecule has 3 heterocycles. The maximum Gasteiger partial charge on any atom is 0.291 e. The highest BCUT2D eigenvalue weighted by Gasteiger charge is 2.35. The normalized spacial score (nSPS) is 18.8. The summed E-state index contributed by atoms with van der Waals surface area (Å²) in [6, 6.07) is 8.65. The summed E-state index contributed by atoms with van der Waals surface area (Å²) in [7, 11) is 0. The van der Waals surface area contributed by atoms with Gasteiger partial charge in [-0.1, -0.05) is 0 Å². The molecule has 0 spiro atoms. The molecule has 33 heavy (non-hydrogen) atoms. The third kappa shape index (κ3) is 4.73. The molecule has 1 N–H and O–H groups in total. The van der Waals surface area contributed by atoms with Gasteiger partial charge in [0.2, 0.25) is 5.91 Å². The molecule has 3 amide bonds. The molecule has 0 atom stereocenters. The van der Waals surface area contributed by atoms with Crippen molar-refractivity contribution in [2.24, 2.45) is 5.92 Å². The van der Waals surface area contributed by atoms with Crippen molar-refractivity contribution in [2.75, 3.05) is 62.7 Å². The summed E-state index contributed by atoms with van der Waals surface area (Å²) in [6.45, 7) is 4.72. The Labute approximate surface area is 192 Å². The van der Waals surface area contributed by atoms with E-state index in [4.69, 9.17) is 9.15 Å². The first-order valence-corrected chi connectivity index (χ1v) is 11.5. The number of anilines is 2. The van der Waals surface area contributed by atoms with Crippen molar-refractivity contribution >= 4 is 29.1 Å². The predicted octanol–water partition coefficient (Wildman–Crippen LogP) is 2.06. The number of rotatable bonds is 5. The van der Waals surface area contributed by atoms with Gasteiger partial charge in [0.15, 0.2) is 5.76 Å². The van der Waals surface area contributed by atoms with Crippen LogP contribution in [0.1, 0.15) is 33.8 Å². The van der Waals surface area contributed by atoms with E-state index in [2.05, 4.69) is 10.2 Å². The highest BCUT2D eigenvalue weighted by atomic mass is 16.5. The highest BCUT2D eigenvalue weighted by molar-refractivity contribution is 6.05. The van der Waals surface area contributed by atoms with E-state index in [1.165, 1.54) is 6.26 Å². The largest absolute Gasteiger partial charge is 0.459 e. The fourth-order valence-corrected chi connectivity index (χ4v) is 4.35. The van der Waals surface area contributed by atoms with Gasteiger partial charge in [-0.2, -0.15) is 0 Å². The van der Waals surface area contributed by atoms with Crippen LogP contribution in [0.5, 0.6) is 0 Å². The van der Waals surface area contributed by atoms with Crippen molar-refractivity contribution in [2.45, 2.75) is 12.8 Å². The number of nitrogens with zero attached hydrogens (tertiary/aromatic N) is 3. The number of nitrogens with one attached hydrogen (secondary N) is 1. The van der Waals surface area contributed by atoms with Gasteiger partial charge in [0, 0.05) is 56.6 Å². The number of amides is 3. The van der Waals surface area contributed by atoms with Crippen molar-refractivity contribution in [3.8, 4) is 0 Å². The van der Waals surface area contributed by atoms with Crippen molar-refractivity contribution in [1.82, 2.24) is 9.80 Å². The molecule has 174 valence electrons. The number of carbonyl (C=O) groups is 3. The Balaban J connectivity index is 1.37.